The highest BCUT2D eigenvalue weighted by molar-refractivity contribution is 5.95. The van der Waals surface area contributed by atoms with Crippen LogP contribution in [0.2, 0.25) is 0 Å². The lowest BCUT2D eigenvalue weighted by molar-refractivity contribution is -0.139. The van der Waals surface area contributed by atoms with Crippen molar-refractivity contribution in [3.63, 3.8) is 0 Å². The molecule has 6 nitrogen and oxygen atoms in total. The average Bonchev–Trinajstić information content (AvgIpc) is 2.74. The molecule has 0 aliphatic carbocycles. The fraction of sp³-hybridized carbons (Fsp3) is 0.500. The van der Waals surface area contributed by atoms with Gasteiger partial charge in [0.05, 0.1) is 6.61 Å². The molecule has 1 aromatic carbocycles. The van der Waals surface area contributed by atoms with Gasteiger partial charge in [-0.15, -0.1) is 0 Å². The second-order valence-electron chi connectivity index (χ2n) is 5.38. The van der Waals surface area contributed by atoms with E-state index in [4.69, 9.17) is 14.6 Å². The molecular formula is C16H21NO5. The molecule has 1 heterocycles. The summed E-state index contributed by atoms with van der Waals surface area (Å²) in [4.78, 5) is 25.0. The summed E-state index contributed by atoms with van der Waals surface area (Å²) in [6, 6.07) is 3.50. The molecule has 0 radical (unpaired) electrons. The van der Waals surface area contributed by atoms with E-state index in [9.17, 15) is 9.59 Å². The highest BCUT2D eigenvalue weighted by Crippen LogP contribution is 2.25. The van der Waals surface area contributed by atoms with Crippen LogP contribution in [0.5, 0.6) is 5.75 Å². The molecule has 0 bridgehead atoms. The number of ether oxygens (including phenoxy) is 2. The van der Waals surface area contributed by atoms with Crippen LogP contribution in [0.1, 0.15) is 27.9 Å². The molecule has 1 amide bonds. The fourth-order valence-electron chi connectivity index (χ4n) is 2.57. The number of hydrogen-bond donors (Lipinski definition) is 1. The summed E-state index contributed by atoms with van der Waals surface area (Å²) in [5.41, 5.74) is 2.12. The summed E-state index contributed by atoms with van der Waals surface area (Å²) in [7, 11) is 0. The summed E-state index contributed by atoms with van der Waals surface area (Å²) in [5.74, 6) is -0.525. The Balaban J connectivity index is 2.17. The Morgan fingerprint density at radius 2 is 1.91 bits per heavy atom. The van der Waals surface area contributed by atoms with E-state index in [0.717, 1.165) is 17.5 Å². The van der Waals surface area contributed by atoms with Crippen molar-refractivity contribution in [2.24, 2.45) is 0 Å². The van der Waals surface area contributed by atoms with Crippen molar-refractivity contribution in [3.05, 3.63) is 28.8 Å². The lowest BCUT2D eigenvalue weighted by Gasteiger charge is -2.21. The van der Waals surface area contributed by atoms with E-state index in [1.165, 1.54) is 0 Å². The van der Waals surface area contributed by atoms with Crippen molar-refractivity contribution in [1.82, 2.24) is 4.90 Å². The third kappa shape index (κ3) is 3.98. The first-order chi connectivity index (χ1) is 10.5. The van der Waals surface area contributed by atoms with E-state index in [2.05, 4.69) is 0 Å². The van der Waals surface area contributed by atoms with Gasteiger partial charge in [0.2, 0.25) is 0 Å². The highest BCUT2D eigenvalue weighted by atomic mass is 16.5. The first-order valence-electron chi connectivity index (χ1n) is 7.32. The largest absolute Gasteiger partial charge is 0.481 e. The number of benzene rings is 1. The second kappa shape index (κ2) is 7.26. The van der Waals surface area contributed by atoms with Gasteiger partial charge in [-0.05, 0) is 43.5 Å². The minimum Gasteiger partial charge on any atom is -0.481 e. The molecule has 6 heteroatoms. The molecule has 0 aromatic heterocycles. The standard InChI is InChI=1S/C16H21NO5/c1-11-8-13(9-12(2)15(11)22-10-14(18)19)16(20)17-4-3-6-21-7-5-17/h8-9H,3-7,10H2,1-2H3,(H,18,19). The molecule has 1 fully saturated rings. The first kappa shape index (κ1) is 16.3. The van der Waals surface area contributed by atoms with Gasteiger partial charge in [-0.2, -0.15) is 0 Å². The zero-order valence-electron chi connectivity index (χ0n) is 12.9. The Labute approximate surface area is 129 Å². The zero-order chi connectivity index (χ0) is 16.1. The van der Waals surface area contributed by atoms with Crippen LogP contribution in [-0.4, -0.2) is 54.8 Å². The molecule has 0 saturated carbocycles. The number of carbonyl (C=O) groups is 2. The van der Waals surface area contributed by atoms with Gasteiger partial charge in [0, 0.05) is 25.3 Å². The van der Waals surface area contributed by atoms with Crippen molar-refractivity contribution >= 4 is 11.9 Å². The molecule has 1 saturated heterocycles. The smallest absolute Gasteiger partial charge is 0.341 e. The molecule has 1 aromatic rings. The molecule has 1 aliphatic heterocycles. The molecule has 120 valence electrons. The number of carboxylic acid groups (broad SMARTS) is 1. The van der Waals surface area contributed by atoms with Gasteiger partial charge in [0.1, 0.15) is 5.75 Å². The summed E-state index contributed by atoms with van der Waals surface area (Å²) in [5, 5.41) is 8.70. The maximum absolute atomic E-state index is 12.6. The van der Waals surface area contributed by atoms with Crippen molar-refractivity contribution in [3.8, 4) is 5.75 Å². The molecule has 0 unspecified atom stereocenters. The predicted molar refractivity (Wildman–Crippen MR) is 80.4 cm³/mol. The van der Waals surface area contributed by atoms with Gasteiger partial charge in [-0.1, -0.05) is 0 Å². The summed E-state index contributed by atoms with van der Waals surface area (Å²) in [6.45, 7) is 5.76. The minimum atomic E-state index is -1.02. The molecule has 0 atom stereocenters. The quantitative estimate of drug-likeness (QED) is 0.915. The van der Waals surface area contributed by atoms with E-state index in [0.29, 0.717) is 37.6 Å². The lowest BCUT2D eigenvalue weighted by Crippen LogP contribution is -2.33. The Bertz CT molecular complexity index is 539. The fourth-order valence-corrected chi connectivity index (χ4v) is 2.57. The minimum absolute atomic E-state index is 0.0264. The SMILES string of the molecule is Cc1cc(C(=O)N2CCCOCC2)cc(C)c1OCC(=O)O. The third-order valence-electron chi connectivity index (χ3n) is 3.56. The number of carboxylic acids is 1. The average molecular weight is 307 g/mol. The van der Waals surface area contributed by atoms with Crippen molar-refractivity contribution in [2.45, 2.75) is 20.3 Å². The van der Waals surface area contributed by atoms with Gasteiger partial charge < -0.3 is 19.5 Å². The molecule has 1 aliphatic rings. The molecule has 0 spiro atoms. The van der Waals surface area contributed by atoms with Crippen LogP contribution in [-0.2, 0) is 9.53 Å². The van der Waals surface area contributed by atoms with E-state index in [1.807, 2.05) is 13.8 Å². The first-order valence-corrected chi connectivity index (χ1v) is 7.32. The van der Waals surface area contributed by atoms with Gasteiger partial charge in [0.25, 0.3) is 5.91 Å². The van der Waals surface area contributed by atoms with E-state index in [1.54, 1.807) is 17.0 Å². The van der Waals surface area contributed by atoms with E-state index >= 15 is 0 Å². The van der Waals surface area contributed by atoms with Crippen LogP contribution in [0, 0.1) is 13.8 Å². The van der Waals surface area contributed by atoms with Gasteiger partial charge in [0.15, 0.2) is 6.61 Å². The summed E-state index contributed by atoms with van der Waals surface area (Å²) >= 11 is 0. The number of nitrogens with zero attached hydrogens (tertiary/aromatic N) is 1. The van der Waals surface area contributed by atoms with Gasteiger partial charge in [-0.3, -0.25) is 4.79 Å². The molecule has 1 N–H and O–H groups in total. The number of amides is 1. The summed E-state index contributed by atoms with van der Waals surface area (Å²) in [6.07, 6.45) is 0.837. The normalized spacial score (nSPS) is 15.3. The molecule has 2 rings (SSSR count). The Morgan fingerprint density at radius 3 is 2.55 bits per heavy atom. The van der Waals surface area contributed by atoms with Crippen molar-refractivity contribution in [2.75, 3.05) is 32.9 Å². The Kier molecular flexibility index (Phi) is 5.38. The number of carbonyl (C=O) groups excluding carboxylic acids is 1. The predicted octanol–water partition coefficient (Wildman–Crippen LogP) is 1.63. The zero-order valence-corrected chi connectivity index (χ0v) is 12.9. The van der Waals surface area contributed by atoms with Crippen LogP contribution >= 0.6 is 0 Å². The Morgan fingerprint density at radius 1 is 1.23 bits per heavy atom. The monoisotopic (exact) mass is 307 g/mol. The van der Waals surface area contributed by atoms with Crippen LogP contribution in [0.25, 0.3) is 0 Å². The number of rotatable bonds is 4. The van der Waals surface area contributed by atoms with Crippen molar-refractivity contribution in [1.29, 1.82) is 0 Å². The topological polar surface area (TPSA) is 76.1 Å². The second-order valence-corrected chi connectivity index (χ2v) is 5.38. The van der Waals surface area contributed by atoms with Gasteiger partial charge >= 0.3 is 5.97 Å². The third-order valence-corrected chi connectivity index (χ3v) is 3.56. The van der Waals surface area contributed by atoms with E-state index in [-0.39, 0.29) is 5.91 Å². The van der Waals surface area contributed by atoms with Crippen LogP contribution in [0.3, 0.4) is 0 Å². The maximum atomic E-state index is 12.6. The number of hydrogen-bond acceptors (Lipinski definition) is 4. The molecular weight excluding hydrogens is 286 g/mol. The van der Waals surface area contributed by atoms with Gasteiger partial charge in [-0.25, -0.2) is 4.79 Å². The lowest BCUT2D eigenvalue weighted by atomic mass is 10.0. The van der Waals surface area contributed by atoms with Crippen LogP contribution in [0.4, 0.5) is 0 Å². The Hall–Kier alpha value is -2.08. The number of aryl methyl sites for hydroxylation is 2. The van der Waals surface area contributed by atoms with Crippen LogP contribution < -0.4 is 4.74 Å². The maximum Gasteiger partial charge on any atom is 0.341 e. The summed E-state index contributed by atoms with van der Waals surface area (Å²) < 4.78 is 10.6. The van der Waals surface area contributed by atoms with Crippen molar-refractivity contribution < 1.29 is 24.2 Å². The van der Waals surface area contributed by atoms with Crippen LogP contribution in [0.15, 0.2) is 12.1 Å². The number of aliphatic carboxylic acids is 1. The highest BCUT2D eigenvalue weighted by Gasteiger charge is 2.19. The molecule has 22 heavy (non-hydrogen) atoms. The van der Waals surface area contributed by atoms with E-state index < -0.39 is 12.6 Å².